The van der Waals surface area contributed by atoms with Gasteiger partial charge in [0.1, 0.15) is 0 Å². The summed E-state index contributed by atoms with van der Waals surface area (Å²) >= 11 is 5.82. The summed E-state index contributed by atoms with van der Waals surface area (Å²) in [6.07, 6.45) is 3.26. The van der Waals surface area contributed by atoms with Gasteiger partial charge in [0.05, 0.1) is 25.4 Å². The van der Waals surface area contributed by atoms with E-state index in [4.69, 9.17) is 21.1 Å². The molecule has 118 valence electrons. The minimum atomic E-state index is -0.484. The summed E-state index contributed by atoms with van der Waals surface area (Å²) in [5, 5.41) is 13.8. The van der Waals surface area contributed by atoms with Crippen LogP contribution in [0, 0.1) is 0 Å². The number of benzene rings is 1. The van der Waals surface area contributed by atoms with E-state index in [0.717, 1.165) is 31.6 Å². The van der Waals surface area contributed by atoms with Gasteiger partial charge in [0.15, 0.2) is 0 Å². The Bertz CT molecular complexity index is 393. The van der Waals surface area contributed by atoms with Crippen molar-refractivity contribution in [3.05, 3.63) is 34.9 Å². The third-order valence-corrected chi connectivity index (χ3v) is 3.79. The number of rotatable bonds is 9. The van der Waals surface area contributed by atoms with Crippen molar-refractivity contribution in [2.45, 2.75) is 38.1 Å². The van der Waals surface area contributed by atoms with E-state index in [1.807, 2.05) is 24.3 Å². The number of aliphatic hydroxyl groups is 1. The van der Waals surface area contributed by atoms with Gasteiger partial charge in [-0.3, -0.25) is 0 Å². The van der Waals surface area contributed by atoms with Gasteiger partial charge in [0.25, 0.3) is 0 Å². The quantitative estimate of drug-likeness (QED) is 0.687. The molecule has 1 saturated heterocycles. The van der Waals surface area contributed by atoms with E-state index in [0.29, 0.717) is 30.9 Å². The first-order valence-corrected chi connectivity index (χ1v) is 7.94. The first-order valence-electron chi connectivity index (χ1n) is 7.56. The van der Waals surface area contributed by atoms with Crippen LogP contribution in [0.15, 0.2) is 24.3 Å². The monoisotopic (exact) mass is 313 g/mol. The zero-order valence-electron chi connectivity index (χ0n) is 12.3. The van der Waals surface area contributed by atoms with Crippen LogP contribution in [0.2, 0.25) is 5.02 Å². The second-order valence-electron chi connectivity index (χ2n) is 5.42. The molecule has 5 heteroatoms. The summed E-state index contributed by atoms with van der Waals surface area (Å²) < 4.78 is 11.0. The average molecular weight is 314 g/mol. The van der Waals surface area contributed by atoms with Crippen molar-refractivity contribution in [3.63, 3.8) is 0 Å². The molecule has 1 heterocycles. The Balaban J connectivity index is 1.49. The highest BCUT2D eigenvalue weighted by molar-refractivity contribution is 6.30. The summed E-state index contributed by atoms with van der Waals surface area (Å²) in [5.74, 6) is 0. The van der Waals surface area contributed by atoms with Crippen molar-refractivity contribution >= 4 is 11.6 Å². The lowest BCUT2D eigenvalue weighted by molar-refractivity contribution is 0.0282. The van der Waals surface area contributed by atoms with Crippen molar-refractivity contribution in [2.75, 3.05) is 26.3 Å². The SMILES string of the molecule is OC(CNCCC1CCCO1)COCc1ccc(Cl)cc1. The van der Waals surface area contributed by atoms with Crippen molar-refractivity contribution < 1.29 is 14.6 Å². The molecule has 0 radical (unpaired) electrons. The van der Waals surface area contributed by atoms with Gasteiger partial charge in [-0.25, -0.2) is 0 Å². The number of nitrogens with one attached hydrogen (secondary N) is 1. The van der Waals surface area contributed by atoms with E-state index in [2.05, 4.69) is 5.32 Å². The largest absolute Gasteiger partial charge is 0.389 e. The first kappa shape index (κ1) is 16.7. The van der Waals surface area contributed by atoms with Gasteiger partial charge in [-0.1, -0.05) is 23.7 Å². The van der Waals surface area contributed by atoms with Crippen LogP contribution in [0.3, 0.4) is 0 Å². The van der Waals surface area contributed by atoms with Crippen molar-refractivity contribution in [2.24, 2.45) is 0 Å². The van der Waals surface area contributed by atoms with E-state index < -0.39 is 6.10 Å². The molecule has 2 N–H and O–H groups in total. The fraction of sp³-hybridized carbons (Fsp3) is 0.625. The minimum Gasteiger partial charge on any atom is -0.389 e. The molecule has 21 heavy (non-hydrogen) atoms. The molecule has 0 spiro atoms. The fourth-order valence-corrected chi connectivity index (χ4v) is 2.48. The highest BCUT2D eigenvalue weighted by Gasteiger charge is 2.14. The molecular weight excluding hydrogens is 290 g/mol. The lowest BCUT2D eigenvalue weighted by Gasteiger charge is -2.14. The Hall–Kier alpha value is -0.650. The number of ether oxygens (including phenoxy) is 2. The standard InChI is InChI=1S/C16H24ClNO3/c17-14-5-3-13(4-6-14)11-20-12-15(19)10-18-8-7-16-2-1-9-21-16/h3-6,15-16,18-19H,1-2,7-12H2. The van der Waals surface area contributed by atoms with E-state index in [9.17, 15) is 5.11 Å². The van der Waals surface area contributed by atoms with Gasteiger partial charge in [0, 0.05) is 18.2 Å². The molecule has 1 aromatic carbocycles. The molecule has 2 rings (SSSR count). The van der Waals surface area contributed by atoms with E-state index in [1.165, 1.54) is 6.42 Å². The Morgan fingerprint density at radius 1 is 1.38 bits per heavy atom. The van der Waals surface area contributed by atoms with E-state index >= 15 is 0 Å². The highest BCUT2D eigenvalue weighted by atomic mass is 35.5. The summed E-state index contributed by atoms with van der Waals surface area (Å²) in [5.41, 5.74) is 1.05. The molecule has 1 aliphatic rings. The molecule has 1 fully saturated rings. The molecule has 1 aliphatic heterocycles. The molecule has 0 aliphatic carbocycles. The van der Waals surface area contributed by atoms with Crippen LogP contribution in [-0.2, 0) is 16.1 Å². The lowest BCUT2D eigenvalue weighted by Crippen LogP contribution is -2.32. The van der Waals surface area contributed by atoms with Crippen molar-refractivity contribution in [1.82, 2.24) is 5.32 Å². The number of hydrogen-bond donors (Lipinski definition) is 2. The number of aliphatic hydroxyl groups excluding tert-OH is 1. The molecule has 4 nitrogen and oxygen atoms in total. The van der Waals surface area contributed by atoms with E-state index in [1.54, 1.807) is 0 Å². The van der Waals surface area contributed by atoms with Crippen LogP contribution in [0.1, 0.15) is 24.8 Å². The second kappa shape index (κ2) is 9.38. The lowest BCUT2D eigenvalue weighted by atomic mass is 10.2. The summed E-state index contributed by atoms with van der Waals surface area (Å²) in [7, 11) is 0. The molecular formula is C16H24ClNO3. The predicted molar refractivity (Wildman–Crippen MR) is 83.6 cm³/mol. The van der Waals surface area contributed by atoms with Crippen LogP contribution in [0.25, 0.3) is 0 Å². The molecule has 1 aromatic rings. The van der Waals surface area contributed by atoms with Gasteiger partial charge in [-0.05, 0) is 43.5 Å². The second-order valence-corrected chi connectivity index (χ2v) is 5.86. The van der Waals surface area contributed by atoms with Crippen molar-refractivity contribution in [1.29, 1.82) is 0 Å². The Morgan fingerprint density at radius 3 is 2.90 bits per heavy atom. The molecule has 0 amide bonds. The normalized spacial score (nSPS) is 19.8. The fourth-order valence-electron chi connectivity index (χ4n) is 2.36. The maximum atomic E-state index is 9.82. The Labute approximate surface area is 131 Å². The van der Waals surface area contributed by atoms with Gasteiger partial charge in [0.2, 0.25) is 0 Å². The Kier molecular flexibility index (Phi) is 7.47. The smallest absolute Gasteiger partial charge is 0.0897 e. The first-order chi connectivity index (χ1) is 10.2. The van der Waals surface area contributed by atoms with E-state index in [-0.39, 0.29) is 0 Å². The summed E-state index contributed by atoms with van der Waals surface area (Å²) in [6.45, 7) is 3.14. The van der Waals surface area contributed by atoms with Crippen LogP contribution in [0.4, 0.5) is 0 Å². The van der Waals surface area contributed by atoms with Gasteiger partial charge in [-0.2, -0.15) is 0 Å². The Morgan fingerprint density at radius 2 is 2.19 bits per heavy atom. The zero-order chi connectivity index (χ0) is 14.9. The number of hydrogen-bond acceptors (Lipinski definition) is 4. The third-order valence-electron chi connectivity index (χ3n) is 3.54. The average Bonchev–Trinajstić information content (AvgIpc) is 2.99. The van der Waals surface area contributed by atoms with Crippen LogP contribution >= 0.6 is 11.6 Å². The maximum absolute atomic E-state index is 9.82. The molecule has 2 atom stereocenters. The van der Waals surface area contributed by atoms with Crippen molar-refractivity contribution in [3.8, 4) is 0 Å². The van der Waals surface area contributed by atoms with Crippen LogP contribution in [-0.4, -0.2) is 43.6 Å². The minimum absolute atomic E-state index is 0.329. The topological polar surface area (TPSA) is 50.7 Å². The zero-order valence-corrected chi connectivity index (χ0v) is 13.0. The number of halogens is 1. The third kappa shape index (κ3) is 6.76. The highest BCUT2D eigenvalue weighted by Crippen LogP contribution is 2.14. The van der Waals surface area contributed by atoms with Crippen LogP contribution in [0.5, 0.6) is 0 Å². The van der Waals surface area contributed by atoms with Gasteiger partial charge >= 0.3 is 0 Å². The predicted octanol–water partition coefficient (Wildman–Crippen LogP) is 2.38. The maximum Gasteiger partial charge on any atom is 0.0897 e. The summed E-state index contributed by atoms with van der Waals surface area (Å²) in [4.78, 5) is 0. The molecule has 0 saturated carbocycles. The molecule has 0 aromatic heterocycles. The van der Waals surface area contributed by atoms with Gasteiger partial charge in [-0.15, -0.1) is 0 Å². The van der Waals surface area contributed by atoms with Gasteiger partial charge < -0.3 is 19.9 Å². The summed E-state index contributed by atoms with van der Waals surface area (Å²) in [6, 6.07) is 7.52. The van der Waals surface area contributed by atoms with Crippen LogP contribution < -0.4 is 5.32 Å². The molecule has 2 unspecified atom stereocenters. The molecule has 0 bridgehead atoms.